The minimum Gasteiger partial charge on any atom is -0.403 e. The van der Waals surface area contributed by atoms with Crippen LogP contribution in [0.15, 0.2) is 36.8 Å². The van der Waals surface area contributed by atoms with Gasteiger partial charge in [-0.3, -0.25) is 0 Å². The Kier molecular flexibility index (Phi) is 4.12. The van der Waals surface area contributed by atoms with Crippen molar-refractivity contribution in [1.29, 1.82) is 0 Å². The number of hydrogen-bond donors (Lipinski definition) is 1. The van der Waals surface area contributed by atoms with E-state index in [1.54, 1.807) is 12.3 Å². The van der Waals surface area contributed by atoms with Crippen LogP contribution >= 0.6 is 0 Å². The van der Waals surface area contributed by atoms with Gasteiger partial charge in [-0.25, -0.2) is 0 Å². The first-order chi connectivity index (χ1) is 4.72. The summed E-state index contributed by atoms with van der Waals surface area (Å²) in [5, 5.41) is 0. The summed E-state index contributed by atoms with van der Waals surface area (Å²) in [6.07, 6.45) is 7.03. The molecule has 2 N–H and O–H groups in total. The molecule has 0 aromatic rings. The van der Waals surface area contributed by atoms with E-state index in [9.17, 15) is 0 Å². The van der Waals surface area contributed by atoms with E-state index in [4.69, 9.17) is 5.73 Å². The van der Waals surface area contributed by atoms with Crippen molar-refractivity contribution >= 4 is 0 Å². The van der Waals surface area contributed by atoms with Crippen LogP contribution in [0.4, 0.5) is 0 Å². The Balaban J connectivity index is 3.95. The first kappa shape index (κ1) is 8.82. The van der Waals surface area contributed by atoms with Crippen molar-refractivity contribution in [3.8, 4) is 0 Å². The van der Waals surface area contributed by atoms with Crippen molar-refractivity contribution in [2.45, 2.75) is 6.92 Å². The standard InChI is InChI=1S/C8H14N2/c1-4-5-6-10(3)8(2)7-9/h4-7H,1,9H2,2-3H3/b6-5-,8-7-. The molecule has 0 unspecified atom stereocenters. The Bertz CT molecular complexity index is 157. The summed E-state index contributed by atoms with van der Waals surface area (Å²) < 4.78 is 0. The fourth-order valence-electron chi connectivity index (χ4n) is 0.425. The van der Waals surface area contributed by atoms with Gasteiger partial charge in [-0.1, -0.05) is 12.7 Å². The lowest BCUT2D eigenvalue weighted by Crippen LogP contribution is -2.08. The fraction of sp³-hybridized carbons (Fsp3) is 0.250. The van der Waals surface area contributed by atoms with Crippen molar-refractivity contribution in [2.24, 2.45) is 5.73 Å². The molecule has 0 aromatic carbocycles. The summed E-state index contributed by atoms with van der Waals surface area (Å²) in [5.74, 6) is 0. The molecular weight excluding hydrogens is 124 g/mol. The third-order valence-electron chi connectivity index (χ3n) is 1.24. The summed E-state index contributed by atoms with van der Waals surface area (Å²) in [6, 6.07) is 0. The maximum absolute atomic E-state index is 5.28. The third kappa shape index (κ3) is 2.97. The van der Waals surface area contributed by atoms with Crippen LogP contribution in [0.1, 0.15) is 6.92 Å². The summed E-state index contributed by atoms with van der Waals surface area (Å²) in [7, 11) is 1.93. The van der Waals surface area contributed by atoms with Gasteiger partial charge in [0.1, 0.15) is 0 Å². The van der Waals surface area contributed by atoms with Crippen LogP contribution in [0.5, 0.6) is 0 Å². The average molecular weight is 138 g/mol. The molecule has 0 aromatic heterocycles. The number of nitrogens with zero attached hydrogens (tertiary/aromatic N) is 1. The Morgan fingerprint density at radius 3 is 2.60 bits per heavy atom. The van der Waals surface area contributed by atoms with E-state index in [0.717, 1.165) is 5.70 Å². The van der Waals surface area contributed by atoms with E-state index in [0.29, 0.717) is 0 Å². The van der Waals surface area contributed by atoms with E-state index in [1.807, 2.05) is 31.1 Å². The van der Waals surface area contributed by atoms with Crippen LogP contribution < -0.4 is 5.73 Å². The molecule has 56 valence electrons. The Morgan fingerprint density at radius 1 is 1.60 bits per heavy atom. The molecule has 0 fully saturated rings. The Morgan fingerprint density at radius 2 is 2.20 bits per heavy atom. The highest BCUT2D eigenvalue weighted by Gasteiger charge is 1.88. The van der Waals surface area contributed by atoms with Gasteiger partial charge in [-0.2, -0.15) is 0 Å². The molecule has 0 aliphatic rings. The molecule has 0 spiro atoms. The zero-order chi connectivity index (χ0) is 7.98. The van der Waals surface area contributed by atoms with E-state index in [-0.39, 0.29) is 0 Å². The maximum Gasteiger partial charge on any atom is 0.0296 e. The van der Waals surface area contributed by atoms with E-state index < -0.39 is 0 Å². The summed E-state index contributed by atoms with van der Waals surface area (Å²) in [5.41, 5.74) is 6.29. The van der Waals surface area contributed by atoms with Gasteiger partial charge >= 0.3 is 0 Å². The molecular formula is C8H14N2. The second-order valence-corrected chi connectivity index (χ2v) is 2.00. The monoisotopic (exact) mass is 138 g/mol. The van der Waals surface area contributed by atoms with Gasteiger partial charge in [0.15, 0.2) is 0 Å². The molecule has 2 nitrogen and oxygen atoms in total. The quantitative estimate of drug-likeness (QED) is 0.598. The fourth-order valence-corrected chi connectivity index (χ4v) is 0.425. The van der Waals surface area contributed by atoms with Gasteiger partial charge in [-0.05, 0) is 13.0 Å². The maximum atomic E-state index is 5.28. The highest BCUT2D eigenvalue weighted by atomic mass is 15.1. The van der Waals surface area contributed by atoms with E-state index >= 15 is 0 Å². The van der Waals surface area contributed by atoms with Gasteiger partial charge in [0.25, 0.3) is 0 Å². The minimum atomic E-state index is 1.01. The molecule has 10 heavy (non-hydrogen) atoms. The average Bonchev–Trinajstić information content (AvgIpc) is 1.98. The number of rotatable bonds is 3. The van der Waals surface area contributed by atoms with Crippen molar-refractivity contribution in [3.63, 3.8) is 0 Å². The molecule has 0 heterocycles. The SMILES string of the molecule is C=C/C=C\N(C)/C(C)=C\N. The summed E-state index contributed by atoms with van der Waals surface area (Å²) >= 11 is 0. The highest BCUT2D eigenvalue weighted by Crippen LogP contribution is 1.97. The molecule has 0 aliphatic heterocycles. The van der Waals surface area contributed by atoms with Gasteiger partial charge in [0, 0.05) is 25.1 Å². The van der Waals surface area contributed by atoms with Crippen LogP contribution in [0.3, 0.4) is 0 Å². The second kappa shape index (κ2) is 4.68. The Hall–Kier alpha value is -1.18. The van der Waals surface area contributed by atoms with Gasteiger partial charge in [0.2, 0.25) is 0 Å². The van der Waals surface area contributed by atoms with Gasteiger partial charge < -0.3 is 10.6 Å². The van der Waals surface area contributed by atoms with Gasteiger partial charge in [0.05, 0.1) is 0 Å². The lowest BCUT2D eigenvalue weighted by atomic mass is 10.4. The van der Waals surface area contributed by atoms with Crippen molar-refractivity contribution < 1.29 is 0 Å². The largest absolute Gasteiger partial charge is 0.403 e. The molecule has 0 amide bonds. The highest BCUT2D eigenvalue weighted by molar-refractivity contribution is 5.03. The van der Waals surface area contributed by atoms with Crippen LogP contribution in [-0.2, 0) is 0 Å². The van der Waals surface area contributed by atoms with E-state index in [1.165, 1.54) is 0 Å². The second-order valence-electron chi connectivity index (χ2n) is 2.00. The predicted octanol–water partition coefficient (Wildman–Crippen LogP) is 1.44. The first-order valence-corrected chi connectivity index (χ1v) is 3.13. The molecule has 0 saturated carbocycles. The van der Waals surface area contributed by atoms with Crippen molar-refractivity contribution in [1.82, 2.24) is 4.90 Å². The minimum absolute atomic E-state index is 1.01. The Labute approximate surface area is 62.3 Å². The summed E-state index contributed by atoms with van der Waals surface area (Å²) in [6.45, 7) is 5.49. The smallest absolute Gasteiger partial charge is 0.0296 e. The molecule has 0 radical (unpaired) electrons. The molecule has 0 rings (SSSR count). The van der Waals surface area contributed by atoms with Crippen LogP contribution in [0.25, 0.3) is 0 Å². The van der Waals surface area contributed by atoms with Gasteiger partial charge in [-0.15, -0.1) is 0 Å². The molecule has 2 heteroatoms. The van der Waals surface area contributed by atoms with Crippen LogP contribution in [0.2, 0.25) is 0 Å². The normalized spacial score (nSPS) is 12.0. The molecule has 0 saturated heterocycles. The lowest BCUT2D eigenvalue weighted by Gasteiger charge is -2.12. The van der Waals surface area contributed by atoms with Crippen LogP contribution in [0, 0.1) is 0 Å². The molecule has 0 atom stereocenters. The first-order valence-electron chi connectivity index (χ1n) is 3.13. The van der Waals surface area contributed by atoms with E-state index in [2.05, 4.69) is 6.58 Å². The predicted molar refractivity (Wildman–Crippen MR) is 45.0 cm³/mol. The zero-order valence-corrected chi connectivity index (χ0v) is 6.54. The van der Waals surface area contributed by atoms with Crippen molar-refractivity contribution in [2.75, 3.05) is 7.05 Å². The third-order valence-corrected chi connectivity index (χ3v) is 1.24. The number of hydrogen-bond acceptors (Lipinski definition) is 2. The zero-order valence-electron chi connectivity index (χ0n) is 6.54. The topological polar surface area (TPSA) is 29.3 Å². The number of allylic oxidation sites excluding steroid dienone is 3. The molecule has 0 bridgehead atoms. The lowest BCUT2D eigenvalue weighted by molar-refractivity contribution is 0.568. The van der Waals surface area contributed by atoms with Crippen LogP contribution in [-0.4, -0.2) is 11.9 Å². The molecule has 0 aliphatic carbocycles. The number of nitrogens with two attached hydrogens (primary N) is 1. The van der Waals surface area contributed by atoms with Crippen molar-refractivity contribution in [3.05, 3.63) is 36.8 Å². The summed E-state index contributed by atoms with van der Waals surface area (Å²) in [4.78, 5) is 1.92.